The van der Waals surface area contributed by atoms with E-state index < -0.39 is 17.7 Å². The van der Waals surface area contributed by atoms with Gasteiger partial charge in [0.05, 0.1) is 34.5 Å². The highest BCUT2D eigenvalue weighted by atomic mass is 32.1. The van der Waals surface area contributed by atoms with E-state index >= 15 is 0 Å². The Bertz CT molecular complexity index is 1320. The Morgan fingerprint density at radius 2 is 1.77 bits per heavy atom. The van der Waals surface area contributed by atoms with Gasteiger partial charge in [0, 0.05) is 6.54 Å². The van der Waals surface area contributed by atoms with E-state index in [1.807, 2.05) is 36.1 Å². The van der Waals surface area contributed by atoms with Gasteiger partial charge in [-0.1, -0.05) is 35.6 Å². The Balaban J connectivity index is 1.67. The van der Waals surface area contributed by atoms with Crippen LogP contribution in [0.3, 0.4) is 0 Å². The van der Waals surface area contributed by atoms with Crippen LogP contribution >= 0.6 is 11.3 Å². The fraction of sp³-hybridized carbons (Fsp3) is 0.231. The molecule has 0 aliphatic rings. The van der Waals surface area contributed by atoms with Crippen LogP contribution in [0.1, 0.15) is 40.0 Å². The largest absolute Gasteiger partial charge is 0.497 e. The first-order valence-electron chi connectivity index (χ1n) is 10.9. The third-order valence-corrected chi connectivity index (χ3v) is 6.93. The van der Waals surface area contributed by atoms with Crippen molar-refractivity contribution >= 4 is 32.7 Å². The molecule has 0 amide bonds. The van der Waals surface area contributed by atoms with E-state index in [9.17, 15) is 23.1 Å². The quantitative estimate of drug-likeness (QED) is 0.287. The standard InChI is InChI=1S/C26H23F3N2O3S/c1-16(18-5-7-19(8-6-18)24(32)33)31(14-13-17-3-10-21(34-2)11-4-17)25-30-22-15-20(26(27,28)29)9-12-23(22)35-25/h3-12,15-16H,13-14H2,1-2H3,(H,32,33). The third kappa shape index (κ3) is 5.57. The molecular formula is C26H23F3N2O3S. The predicted molar refractivity (Wildman–Crippen MR) is 130 cm³/mol. The van der Waals surface area contributed by atoms with E-state index in [-0.39, 0.29) is 11.6 Å². The lowest BCUT2D eigenvalue weighted by atomic mass is 10.0. The smallest absolute Gasteiger partial charge is 0.416 e. The zero-order chi connectivity index (χ0) is 25.2. The van der Waals surface area contributed by atoms with Crippen LogP contribution in [0.5, 0.6) is 5.75 Å². The minimum absolute atomic E-state index is 0.186. The number of aromatic carboxylic acids is 1. The number of alkyl halides is 3. The van der Waals surface area contributed by atoms with E-state index in [1.54, 1.807) is 31.4 Å². The number of rotatable bonds is 8. The van der Waals surface area contributed by atoms with Crippen LogP contribution < -0.4 is 9.64 Å². The number of carboxylic acids is 1. The average molecular weight is 501 g/mol. The molecule has 1 aromatic heterocycles. The molecule has 0 bridgehead atoms. The van der Waals surface area contributed by atoms with Crippen LogP contribution in [0.25, 0.3) is 10.2 Å². The number of halogens is 3. The third-order valence-electron chi connectivity index (χ3n) is 5.86. The number of benzene rings is 3. The van der Waals surface area contributed by atoms with E-state index in [0.29, 0.717) is 28.3 Å². The van der Waals surface area contributed by atoms with Gasteiger partial charge in [-0.15, -0.1) is 0 Å². The zero-order valence-electron chi connectivity index (χ0n) is 19.0. The maximum absolute atomic E-state index is 13.2. The van der Waals surface area contributed by atoms with E-state index in [4.69, 9.17) is 4.74 Å². The minimum Gasteiger partial charge on any atom is -0.497 e. The molecule has 182 valence electrons. The molecule has 35 heavy (non-hydrogen) atoms. The maximum Gasteiger partial charge on any atom is 0.416 e. The number of ether oxygens (including phenoxy) is 1. The SMILES string of the molecule is COc1ccc(CCN(c2nc3cc(C(F)(F)F)ccc3s2)C(C)c2ccc(C(=O)O)cc2)cc1. The Kier molecular flexibility index (Phi) is 6.98. The van der Waals surface area contributed by atoms with Crippen LogP contribution in [0.4, 0.5) is 18.3 Å². The van der Waals surface area contributed by atoms with Crippen LogP contribution in [0.2, 0.25) is 0 Å². The van der Waals surface area contributed by atoms with E-state index in [2.05, 4.69) is 4.98 Å². The number of thiazole rings is 1. The minimum atomic E-state index is -4.44. The molecule has 5 nitrogen and oxygen atoms in total. The Labute approximate surface area is 204 Å². The van der Waals surface area contributed by atoms with Gasteiger partial charge < -0.3 is 14.7 Å². The first kappa shape index (κ1) is 24.5. The molecule has 0 saturated heterocycles. The lowest BCUT2D eigenvalue weighted by molar-refractivity contribution is -0.137. The molecule has 9 heteroatoms. The maximum atomic E-state index is 13.2. The molecule has 0 spiro atoms. The fourth-order valence-electron chi connectivity index (χ4n) is 3.80. The van der Waals surface area contributed by atoms with Crippen molar-refractivity contribution in [2.45, 2.75) is 25.6 Å². The molecule has 4 aromatic rings. The first-order chi connectivity index (χ1) is 16.7. The predicted octanol–water partition coefficient (Wildman–Crippen LogP) is 6.83. The van der Waals surface area contributed by atoms with Crippen molar-refractivity contribution in [3.8, 4) is 5.75 Å². The van der Waals surface area contributed by atoms with Crippen LogP contribution in [0.15, 0.2) is 66.7 Å². The topological polar surface area (TPSA) is 62.7 Å². The van der Waals surface area contributed by atoms with Gasteiger partial charge in [-0.2, -0.15) is 13.2 Å². The average Bonchev–Trinajstić information content (AvgIpc) is 3.27. The number of carboxylic acid groups (broad SMARTS) is 1. The highest BCUT2D eigenvalue weighted by Gasteiger charge is 2.31. The van der Waals surface area contributed by atoms with Crippen LogP contribution in [-0.2, 0) is 12.6 Å². The second-order valence-electron chi connectivity index (χ2n) is 8.07. The number of hydrogen-bond donors (Lipinski definition) is 1. The van der Waals surface area contributed by atoms with Crippen molar-refractivity contribution in [1.82, 2.24) is 4.98 Å². The summed E-state index contributed by atoms with van der Waals surface area (Å²) in [6, 6.07) is 17.7. The normalized spacial score (nSPS) is 12.5. The summed E-state index contributed by atoms with van der Waals surface area (Å²) >= 11 is 1.33. The van der Waals surface area contributed by atoms with E-state index in [0.717, 1.165) is 29.0 Å². The van der Waals surface area contributed by atoms with Gasteiger partial charge in [0.15, 0.2) is 5.13 Å². The summed E-state index contributed by atoms with van der Waals surface area (Å²) in [6.07, 6.45) is -3.77. The van der Waals surface area contributed by atoms with Gasteiger partial charge in [0.2, 0.25) is 0 Å². The Hall–Kier alpha value is -3.59. The summed E-state index contributed by atoms with van der Waals surface area (Å²) < 4.78 is 45.5. The molecule has 1 heterocycles. The number of anilines is 1. The van der Waals surface area contributed by atoms with Crippen LogP contribution in [-0.4, -0.2) is 29.7 Å². The van der Waals surface area contributed by atoms with Gasteiger partial charge in [-0.3, -0.25) is 0 Å². The number of nitrogens with zero attached hydrogens (tertiary/aromatic N) is 2. The van der Waals surface area contributed by atoms with Gasteiger partial charge in [-0.25, -0.2) is 9.78 Å². The molecule has 1 N–H and O–H groups in total. The molecule has 1 atom stereocenters. The van der Waals surface area contributed by atoms with Gasteiger partial charge in [0.1, 0.15) is 5.75 Å². The van der Waals surface area contributed by atoms with Gasteiger partial charge in [-0.05, 0) is 66.9 Å². The molecule has 0 aliphatic heterocycles. The fourth-order valence-corrected chi connectivity index (χ4v) is 4.85. The molecule has 4 rings (SSSR count). The summed E-state index contributed by atoms with van der Waals surface area (Å²) in [5, 5.41) is 9.80. The van der Waals surface area contributed by atoms with Gasteiger partial charge in [0.25, 0.3) is 0 Å². The molecule has 3 aromatic carbocycles. The van der Waals surface area contributed by atoms with Crippen molar-refractivity contribution in [3.05, 3.63) is 89.0 Å². The lowest BCUT2D eigenvalue weighted by Gasteiger charge is -2.29. The summed E-state index contributed by atoms with van der Waals surface area (Å²) in [7, 11) is 1.60. The lowest BCUT2D eigenvalue weighted by Crippen LogP contribution is -2.29. The summed E-state index contributed by atoms with van der Waals surface area (Å²) in [5.41, 5.74) is 1.70. The second kappa shape index (κ2) is 9.95. The molecule has 0 radical (unpaired) electrons. The zero-order valence-corrected chi connectivity index (χ0v) is 19.9. The number of methoxy groups -OCH3 is 1. The second-order valence-corrected chi connectivity index (χ2v) is 9.08. The molecular weight excluding hydrogens is 477 g/mol. The summed E-state index contributed by atoms with van der Waals surface area (Å²) in [4.78, 5) is 17.8. The Morgan fingerprint density at radius 1 is 1.09 bits per heavy atom. The summed E-state index contributed by atoms with van der Waals surface area (Å²) in [6.45, 7) is 2.52. The molecule has 0 saturated carbocycles. The van der Waals surface area contributed by atoms with Crippen LogP contribution in [0, 0.1) is 0 Å². The Morgan fingerprint density at radius 3 is 2.37 bits per heavy atom. The summed E-state index contributed by atoms with van der Waals surface area (Å²) in [5.74, 6) is -0.253. The molecule has 0 aliphatic carbocycles. The van der Waals surface area contributed by atoms with Crippen molar-refractivity contribution in [2.75, 3.05) is 18.6 Å². The van der Waals surface area contributed by atoms with Crippen molar-refractivity contribution in [2.24, 2.45) is 0 Å². The van der Waals surface area contributed by atoms with Crippen molar-refractivity contribution in [3.63, 3.8) is 0 Å². The first-order valence-corrected chi connectivity index (χ1v) is 11.7. The molecule has 0 fully saturated rings. The van der Waals surface area contributed by atoms with Gasteiger partial charge >= 0.3 is 12.1 Å². The van der Waals surface area contributed by atoms with E-state index in [1.165, 1.54) is 17.4 Å². The van der Waals surface area contributed by atoms with Crippen molar-refractivity contribution < 1.29 is 27.8 Å². The number of fused-ring (bicyclic) bond motifs is 1. The van der Waals surface area contributed by atoms with Crippen molar-refractivity contribution in [1.29, 1.82) is 0 Å². The highest BCUT2D eigenvalue weighted by molar-refractivity contribution is 7.22. The highest BCUT2D eigenvalue weighted by Crippen LogP contribution is 2.37. The monoisotopic (exact) mass is 500 g/mol. The number of carbonyl (C=O) groups is 1. The molecule has 1 unspecified atom stereocenters. The number of hydrogen-bond acceptors (Lipinski definition) is 5. The number of aromatic nitrogens is 1.